The summed E-state index contributed by atoms with van der Waals surface area (Å²) in [5, 5.41) is 4.19. The Balaban J connectivity index is 2.38. The standard InChI is InChI=1S/C12H23ClN2/c1-10(2)15(8-11(3)13)9-12-5-4-6-14-7-12/h10,12,14H,3-9H2,1-2H3. The highest BCUT2D eigenvalue weighted by Crippen LogP contribution is 2.15. The molecule has 1 heterocycles. The van der Waals surface area contributed by atoms with E-state index in [0.717, 1.165) is 30.6 Å². The number of hydrogen-bond donors (Lipinski definition) is 1. The second kappa shape index (κ2) is 6.51. The smallest absolute Gasteiger partial charge is 0.0338 e. The van der Waals surface area contributed by atoms with Crippen molar-refractivity contribution in [1.29, 1.82) is 0 Å². The van der Waals surface area contributed by atoms with Crippen molar-refractivity contribution in [2.75, 3.05) is 26.2 Å². The van der Waals surface area contributed by atoms with Crippen molar-refractivity contribution in [2.45, 2.75) is 32.7 Å². The molecule has 15 heavy (non-hydrogen) atoms. The molecule has 88 valence electrons. The van der Waals surface area contributed by atoms with Crippen LogP contribution in [-0.4, -0.2) is 37.1 Å². The maximum atomic E-state index is 5.88. The molecule has 1 unspecified atom stereocenters. The van der Waals surface area contributed by atoms with E-state index >= 15 is 0 Å². The Morgan fingerprint density at radius 2 is 2.33 bits per heavy atom. The van der Waals surface area contributed by atoms with E-state index in [4.69, 9.17) is 11.6 Å². The molecule has 1 rings (SSSR count). The Hall–Kier alpha value is -0.0500. The van der Waals surface area contributed by atoms with Gasteiger partial charge in [-0.25, -0.2) is 0 Å². The molecular formula is C12H23ClN2. The fourth-order valence-corrected chi connectivity index (χ4v) is 2.24. The van der Waals surface area contributed by atoms with Crippen molar-refractivity contribution in [3.8, 4) is 0 Å². The molecule has 1 aliphatic heterocycles. The van der Waals surface area contributed by atoms with Crippen LogP contribution in [0.4, 0.5) is 0 Å². The first-order valence-corrected chi connectivity index (χ1v) is 6.25. The summed E-state index contributed by atoms with van der Waals surface area (Å²) in [6.45, 7) is 12.5. The highest BCUT2D eigenvalue weighted by Gasteiger charge is 2.18. The summed E-state index contributed by atoms with van der Waals surface area (Å²) in [6.07, 6.45) is 2.64. The molecule has 0 radical (unpaired) electrons. The molecule has 0 aromatic heterocycles. The van der Waals surface area contributed by atoms with Gasteiger partial charge in [0, 0.05) is 24.2 Å². The van der Waals surface area contributed by atoms with Gasteiger partial charge < -0.3 is 5.32 Å². The van der Waals surface area contributed by atoms with Crippen LogP contribution in [-0.2, 0) is 0 Å². The Labute approximate surface area is 98.7 Å². The van der Waals surface area contributed by atoms with E-state index in [1.807, 2.05) is 0 Å². The quantitative estimate of drug-likeness (QED) is 0.781. The molecule has 0 spiro atoms. The van der Waals surface area contributed by atoms with Crippen molar-refractivity contribution >= 4 is 11.6 Å². The molecule has 0 amide bonds. The third-order valence-corrected chi connectivity index (χ3v) is 3.12. The molecule has 0 saturated carbocycles. The topological polar surface area (TPSA) is 15.3 Å². The zero-order valence-corrected chi connectivity index (χ0v) is 10.7. The van der Waals surface area contributed by atoms with Crippen molar-refractivity contribution in [3.05, 3.63) is 11.6 Å². The fraction of sp³-hybridized carbons (Fsp3) is 0.833. The van der Waals surface area contributed by atoms with Crippen LogP contribution >= 0.6 is 11.6 Å². The first-order chi connectivity index (χ1) is 7.09. The Morgan fingerprint density at radius 1 is 1.60 bits per heavy atom. The highest BCUT2D eigenvalue weighted by atomic mass is 35.5. The summed E-state index contributed by atoms with van der Waals surface area (Å²) in [5.74, 6) is 0.775. The molecule has 0 aliphatic carbocycles. The van der Waals surface area contributed by atoms with Gasteiger partial charge in [0.15, 0.2) is 0 Å². The van der Waals surface area contributed by atoms with E-state index in [1.54, 1.807) is 0 Å². The first kappa shape index (κ1) is 13.0. The van der Waals surface area contributed by atoms with Crippen LogP contribution in [0.2, 0.25) is 0 Å². The highest BCUT2D eigenvalue weighted by molar-refractivity contribution is 6.29. The Morgan fingerprint density at radius 3 is 2.80 bits per heavy atom. The number of rotatable bonds is 5. The third-order valence-electron chi connectivity index (χ3n) is 3.00. The normalized spacial score (nSPS) is 22.3. The lowest BCUT2D eigenvalue weighted by atomic mass is 9.98. The minimum atomic E-state index is 0.544. The summed E-state index contributed by atoms with van der Waals surface area (Å²) < 4.78 is 0. The monoisotopic (exact) mass is 230 g/mol. The van der Waals surface area contributed by atoms with Crippen LogP contribution < -0.4 is 5.32 Å². The van der Waals surface area contributed by atoms with Gasteiger partial charge in [0.1, 0.15) is 0 Å². The third kappa shape index (κ3) is 5.01. The maximum Gasteiger partial charge on any atom is 0.0338 e. The van der Waals surface area contributed by atoms with Crippen molar-refractivity contribution in [2.24, 2.45) is 5.92 Å². The minimum Gasteiger partial charge on any atom is -0.316 e. The lowest BCUT2D eigenvalue weighted by molar-refractivity contribution is 0.187. The van der Waals surface area contributed by atoms with Gasteiger partial charge in [0.05, 0.1) is 0 Å². The first-order valence-electron chi connectivity index (χ1n) is 5.87. The second-order valence-corrected chi connectivity index (χ2v) is 5.29. The van der Waals surface area contributed by atoms with Crippen LogP contribution in [0.1, 0.15) is 26.7 Å². The predicted molar refractivity (Wildman–Crippen MR) is 67.3 cm³/mol. The average molecular weight is 231 g/mol. The second-order valence-electron chi connectivity index (χ2n) is 4.75. The van der Waals surface area contributed by atoms with Gasteiger partial charge in [0.2, 0.25) is 0 Å². The van der Waals surface area contributed by atoms with Crippen molar-refractivity contribution in [1.82, 2.24) is 10.2 Å². The number of piperidine rings is 1. The van der Waals surface area contributed by atoms with Gasteiger partial charge in [-0.2, -0.15) is 0 Å². The van der Waals surface area contributed by atoms with E-state index in [0.29, 0.717) is 6.04 Å². The zero-order valence-electron chi connectivity index (χ0n) is 9.93. The predicted octanol–water partition coefficient (Wildman–Crippen LogP) is 2.45. The lowest BCUT2D eigenvalue weighted by Gasteiger charge is -2.32. The number of nitrogens with one attached hydrogen (secondary N) is 1. The van der Waals surface area contributed by atoms with Gasteiger partial charge in [-0.05, 0) is 45.7 Å². The molecule has 2 nitrogen and oxygen atoms in total. The van der Waals surface area contributed by atoms with E-state index < -0.39 is 0 Å². The molecule has 0 bridgehead atoms. The summed E-state index contributed by atoms with van der Waals surface area (Å²) in [5.41, 5.74) is 0. The van der Waals surface area contributed by atoms with E-state index in [1.165, 1.54) is 19.4 Å². The summed E-state index contributed by atoms with van der Waals surface area (Å²) in [6, 6.07) is 0.544. The Kier molecular flexibility index (Phi) is 5.65. The number of halogens is 1. The van der Waals surface area contributed by atoms with Crippen LogP contribution in [0.15, 0.2) is 11.6 Å². The maximum absolute atomic E-state index is 5.88. The molecule has 0 aromatic rings. The van der Waals surface area contributed by atoms with Crippen LogP contribution in [0, 0.1) is 5.92 Å². The van der Waals surface area contributed by atoms with Crippen LogP contribution in [0.5, 0.6) is 0 Å². The molecule has 1 aliphatic rings. The SMILES string of the molecule is C=C(Cl)CN(CC1CCCNC1)C(C)C. The molecule has 1 N–H and O–H groups in total. The molecule has 1 atom stereocenters. The lowest BCUT2D eigenvalue weighted by Crippen LogP contribution is -2.41. The van der Waals surface area contributed by atoms with Crippen molar-refractivity contribution in [3.63, 3.8) is 0 Å². The average Bonchev–Trinajstić information content (AvgIpc) is 2.17. The van der Waals surface area contributed by atoms with E-state index in [2.05, 4.69) is 30.6 Å². The summed E-state index contributed by atoms with van der Waals surface area (Å²) >= 11 is 5.88. The molecular weight excluding hydrogens is 208 g/mol. The van der Waals surface area contributed by atoms with Crippen LogP contribution in [0.25, 0.3) is 0 Å². The number of nitrogens with zero attached hydrogens (tertiary/aromatic N) is 1. The molecule has 1 fully saturated rings. The minimum absolute atomic E-state index is 0.544. The van der Waals surface area contributed by atoms with Gasteiger partial charge in [-0.1, -0.05) is 18.2 Å². The van der Waals surface area contributed by atoms with Crippen molar-refractivity contribution < 1.29 is 0 Å². The van der Waals surface area contributed by atoms with E-state index in [9.17, 15) is 0 Å². The largest absolute Gasteiger partial charge is 0.316 e. The Bertz CT molecular complexity index is 198. The number of hydrogen-bond acceptors (Lipinski definition) is 2. The summed E-state index contributed by atoms with van der Waals surface area (Å²) in [7, 11) is 0. The van der Waals surface area contributed by atoms with Crippen LogP contribution in [0.3, 0.4) is 0 Å². The van der Waals surface area contributed by atoms with Gasteiger partial charge >= 0.3 is 0 Å². The van der Waals surface area contributed by atoms with Gasteiger partial charge in [-0.15, -0.1) is 0 Å². The van der Waals surface area contributed by atoms with E-state index in [-0.39, 0.29) is 0 Å². The molecule has 1 saturated heterocycles. The zero-order chi connectivity index (χ0) is 11.3. The summed E-state index contributed by atoms with van der Waals surface area (Å²) in [4.78, 5) is 2.41. The van der Waals surface area contributed by atoms with Gasteiger partial charge in [-0.3, -0.25) is 4.90 Å². The molecule has 0 aromatic carbocycles. The van der Waals surface area contributed by atoms with Gasteiger partial charge in [0.25, 0.3) is 0 Å². The fourth-order valence-electron chi connectivity index (χ4n) is 2.09. The molecule has 3 heteroatoms.